The van der Waals surface area contributed by atoms with E-state index in [9.17, 15) is 5.26 Å². The quantitative estimate of drug-likeness (QED) is 0.791. The van der Waals surface area contributed by atoms with Crippen molar-refractivity contribution in [1.29, 1.82) is 5.26 Å². The number of hydrogen-bond donors (Lipinski definition) is 1. The van der Waals surface area contributed by atoms with Gasteiger partial charge in [0.15, 0.2) is 0 Å². The molecule has 90 valence electrons. The zero-order valence-corrected chi connectivity index (χ0v) is 9.94. The van der Waals surface area contributed by atoms with Gasteiger partial charge >= 0.3 is 0 Å². The minimum absolute atomic E-state index is 0.252. The number of hydrogen-bond acceptors (Lipinski definition) is 3. The number of rotatable bonds is 3. The van der Waals surface area contributed by atoms with Crippen LogP contribution in [0.15, 0.2) is 0 Å². The number of likely N-dealkylation sites (tertiary alicyclic amines) is 1. The Bertz CT molecular complexity index is 261. The minimum Gasteiger partial charge on any atom is -0.396 e. The van der Waals surface area contributed by atoms with Crippen molar-refractivity contribution in [2.24, 2.45) is 11.8 Å². The Labute approximate surface area is 98.1 Å². The summed E-state index contributed by atoms with van der Waals surface area (Å²) in [6.07, 6.45) is 6.93. The maximum atomic E-state index is 9.17. The van der Waals surface area contributed by atoms with E-state index in [0.29, 0.717) is 18.6 Å². The summed E-state index contributed by atoms with van der Waals surface area (Å²) in [5, 5.41) is 18.1. The molecule has 0 bridgehead atoms. The normalized spacial score (nSPS) is 36.1. The van der Waals surface area contributed by atoms with Gasteiger partial charge in [-0.25, -0.2) is 0 Å². The predicted octanol–water partition coefficient (Wildman–Crippen LogP) is 1.77. The van der Waals surface area contributed by atoms with Crippen LogP contribution in [0.25, 0.3) is 0 Å². The van der Waals surface area contributed by atoms with Crippen molar-refractivity contribution in [1.82, 2.24) is 4.90 Å². The molecule has 0 radical (unpaired) electrons. The van der Waals surface area contributed by atoms with Crippen molar-refractivity contribution in [3.63, 3.8) is 0 Å². The van der Waals surface area contributed by atoms with Crippen LogP contribution in [-0.4, -0.2) is 35.7 Å². The van der Waals surface area contributed by atoms with Crippen molar-refractivity contribution in [2.75, 3.05) is 19.7 Å². The molecular weight excluding hydrogens is 200 g/mol. The van der Waals surface area contributed by atoms with E-state index in [2.05, 4.69) is 11.0 Å². The van der Waals surface area contributed by atoms with E-state index in [1.807, 2.05) is 0 Å². The highest BCUT2D eigenvalue weighted by atomic mass is 16.3. The Hall–Kier alpha value is -0.590. The maximum Gasteiger partial charge on any atom is 0.0672 e. The van der Waals surface area contributed by atoms with Gasteiger partial charge in [0, 0.05) is 19.2 Å². The van der Waals surface area contributed by atoms with E-state index in [-0.39, 0.29) is 5.92 Å². The second kappa shape index (κ2) is 5.65. The first kappa shape index (κ1) is 11.9. The van der Waals surface area contributed by atoms with Crippen molar-refractivity contribution >= 4 is 0 Å². The van der Waals surface area contributed by atoms with Gasteiger partial charge < -0.3 is 5.11 Å². The number of aliphatic hydroxyl groups excluding tert-OH is 1. The first-order chi connectivity index (χ1) is 7.85. The molecule has 1 aliphatic carbocycles. The molecule has 2 fully saturated rings. The zero-order valence-electron chi connectivity index (χ0n) is 9.94. The van der Waals surface area contributed by atoms with Gasteiger partial charge in [0.05, 0.1) is 12.0 Å². The zero-order chi connectivity index (χ0) is 11.4. The molecule has 0 aromatic rings. The summed E-state index contributed by atoms with van der Waals surface area (Å²) in [7, 11) is 0. The van der Waals surface area contributed by atoms with Crippen molar-refractivity contribution < 1.29 is 5.11 Å². The van der Waals surface area contributed by atoms with Crippen molar-refractivity contribution in [3.05, 3.63) is 0 Å². The van der Waals surface area contributed by atoms with Gasteiger partial charge in [-0.3, -0.25) is 4.90 Å². The Morgan fingerprint density at radius 2 is 2.06 bits per heavy atom. The van der Waals surface area contributed by atoms with Gasteiger partial charge in [0.25, 0.3) is 0 Å². The third kappa shape index (κ3) is 2.56. The van der Waals surface area contributed by atoms with Crippen LogP contribution in [0.4, 0.5) is 0 Å². The van der Waals surface area contributed by atoms with Crippen LogP contribution >= 0.6 is 0 Å². The predicted molar refractivity (Wildman–Crippen MR) is 62.7 cm³/mol. The topological polar surface area (TPSA) is 47.3 Å². The van der Waals surface area contributed by atoms with E-state index in [1.54, 1.807) is 0 Å². The van der Waals surface area contributed by atoms with E-state index < -0.39 is 0 Å². The van der Waals surface area contributed by atoms with E-state index in [4.69, 9.17) is 5.11 Å². The lowest BCUT2D eigenvalue weighted by Gasteiger charge is -2.34. The molecule has 1 heterocycles. The lowest BCUT2D eigenvalue weighted by molar-refractivity contribution is 0.148. The third-order valence-corrected chi connectivity index (χ3v) is 4.22. The summed E-state index contributed by atoms with van der Waals surface area (Å²) in [6.45, 7) is 2.54. The van der Waals surface area contributed by atoms with Crippen LogP contribution in [-0.2, 0) is 0 Å². The molecule has 3 heteroatoms. The smallest absolute Gasteiger partial charge is 0.0672 e. The van der Waals surface area contributed by atoms with Crippen LogP contribution in [0.3, 0.4) is 0 Å². The Kier molecular flexibility index (Phi) is 4.20. The highest BCUT2D eigenvalue weighted by molar-refractivity contribution is 4.97. The molecule has 1 saturated carbocycles. The van der Waals surface area contributed by atoms with Crippen molar-refractivity contribution in [3.8, 4) is 6.07 Å². The van der Waals surface area contributed by atoms with Gasteiger partial charge in [-0.2, -0.15) is 5.26 Å². The summed E-state index contributed by atoms with van der Waals surface area (Å²) in [5.74, 6) is 0.910. The fourth-order valence-corrected chi connectivity index (χ4v) is 3.28. The van der Waals surface area contributed by atoms with Gasteiger partial charge in [-0.1, -0.05) is 12.8 Å². The van der Waals surface area contributed by atoms with Gasteiger partial charge in [0.1, 0.15) is 0 Å². The fraction of sp³-hybridized carbons (Fsp3) is 0.923. The van der Waals surface area contributed by atoms with Gasteiger partial charge in [-0.05, 0) is 38.1 Å². The maximum absolute atomic E-state index is 9.17. The van der Waals surface area contributed by atoms with E-state index in [1.165, 1.54) is 25.7 Å². The Balaban J connectivity index is 1.89. The first-order valence-corrected chi connectivity index (χ1v) is 6.59. The summed E-state index contributed by atoms with van der Waals surface area (Å²) in [5.41, 5.74) is 0. The average molecular weight is 222 g/mol. The molecule has 0 amide bonds. The van der Waals surface area contributed by atoms with Crippen molar-refractivity contribution in [2.45, 2.75) is 44.6 Å². The lowest BCUT2D eigenvalue weighted by atomic mass is 9.84. The molecular formula is C13H22N2O. The van der Waals surface area contributed by atoms with Crippen LogP contribution in [0.5, 0.6) is 0 Å². The molecule has 2 rings (SSSR count). The molecule has 3 atom stereocenters. The van der Waals surface area contributed by atoms with E-state index in [0.717, 1.165) is 25.9 Å². The molecule has 1 aliphatic heterocycles. The summed E-state index contributed by atoms with van der Waals surface area (Å²) in [6, 6.07) is 2.99. The van der Waals surface area contributed by atoms with Gasteiger partial charge in [0.2, 0.25) is 0 Å². The van der Waals surface area contributed by atoms with Gasteiger partial charge in [-0.15, -0.1) is 0 Å². The molecule has 3 unspecified atom stereocenters. The number of aliphatic hydroxyl groups is 1. The summed E-state index contributed by atoms with van der Waals surface area (Å²) >= 11 is 0. The Morgan fingerprint density at radius 1 is 1.25 bits per heavy atom. The second-order valence-electron chi connectivity index (χ2n) is 5.25. The molecule has 0 aromatic heterocycles. The Morgan fingerprint density at radius 3 is 2.81 bits per heavy atom. The SMILES string of the molecule is N#CC1CCCCC1N1CCC(CCO)C1. The molecule has 1 N–H and O–H groups in total. The lowest BCUT2D eigenvalue weighted by Crippen LogP contribution is -2.40. The largest absolute Gasteiger partial charge is 0.396 e. The molecule has 1 saturated heterocycles. The van der Waals surface area contributed by atoms with Crippen LogP contribution in [0, 0.1) is 23.2 Å². The number of nitrogens with zero attached hydrogens (tertiary/aromatic N) is 2. The highest BCUT2D eigenvalue weighted by Crippen LogP contribution is 2.32. The molecule has 16 heavy (non-hydrogen) atoms. The van der Waals surface area contributed by atoms with Crippen LogP contribution in [0.1, 0.15) is 38.5 Å². The minimum atomic E-state index is 0.252. The molecule has 2 aliphatic rings. The fourth-order valence-electron chi connectivity index (χ4n) is 3.28. The van der Waals surface area contributed by atoms with Crippen LogP contribution in [0.2, 0.25) is 0 Å². The highest BCUT2D eigenvalue weighted by Gasteiger charge is 2.34. The molecule has 0 spiro atoms. The molecule has 3 nitrogen and oxygen atoms in total. The average Bonchev–Trinajstić information content (AvgIpc) is 2.78. The van der Waals surface area contributed by atoms with Crippen LogP contribution < -0.4 is 0 Å². The monoisotopic (exact) mass is 222 g/mol. The summed E-state index contributed by atoms with van der Waals surface area (Å²) < 4.78 is 0. The van der Waals surface area contributed by atoms with E-state index >= 15 is 0 Å². The summed E-state index contributed by atoms with van der Waals surface area (Å²) in [4.78, 5) is 2.51. The number of nitriles is 1. The second-order valence-corrected chi connectivity index (χ2v) is 5.25. The molecule has 0 aromatic carbocycles. The standard InChI is InChI=1S/C13H22N2O/c14-9-12-3-1-2-4-13(12)15-7-5-11(10-15)6-8-16/h11-13,16H,1-8,10H2. The first-order valence-electron chi connectivity index (χ1n) is 6.59. The third-order valence-electron chi connectivity index (χ3n) is 4.22.